The summed E-state index contributed by atoms with van der Waals surface area (Å²) in [6.07, 6.45) is 6.13. The molecule has 1 aromatic rings. The van der Waals surface area contributed by atoms with Gasteiger partial charge in [-0.2, -0.15) is 0 Å². The van der Waals surface area contributed by atoms with Crippen molar-refractivity contribution in [3.8, 4) is 0 Å². The SMILES string of the molecule is CC12C=CC(=O)C=C1C(F)CC1C2C(O)CC2(C)C1(C)CC1CN(c3ccc(C4CC4)cc3)OC12C(=O)CO. The molecule has 0 aromatic heterocycles. The molecule has 1 heterocycles. The van der Waals surface area contributed by atoms with Crippen LogP contribution in [0.25, 0.3) is 0 Å². The molecule has 9 unspecified atom stereocenters. The Morgan fingerprint density at radius 1 is 1.15 bits per heavy atom. The number of aliphatic hydroxyl groups excluding tert-OH is 2. The number of allylic oxidation sites excluding steroid dienone is 4. The zero-order chi connectivity index (χ0) is 27.5. The van der Waals surface area contributed by atoms with Crippen LogP contribution in [0, 0.1) is 34.0 Å². The Morgan fingerprint density at radius 2 is 1.87 bits per heavy atom. The first-order chi connectivity index (χ1) is 18.5. The fourth-order valence-electron chi connectivity index (χ4n) is 9.90. The summed E-state index contributed by atoms with van der Waals surface area (Å²) in [5.41, 5.74) is -0.806. The molecule has 1 aromatic carbocycles. The average Bonchev–Trinajstić information content (AvgIpc) is 3.65. The predicted octanol–water partition coefficient (Wildman–Crippen LogP) is 4.46. The third-order valence-corrected chi connectivity index (χ3v) is 12.0. The predicted molar refractivity (Wildman–Crippen MR) is 143 cm³/mol. The van der Waals surface area contributed by atoms with Gasteiger partial charge in [-0.1, -0.05) is 39.0 Å². The van der Waals surface area contributed by atoms with Gasteiger partial charge >= 0.3 is 0 Å². The molecule has 7 rings (SSSR count). The summed E-state index contributed by atoms with van der Waals surface area (Å²) < 4.78 is 15.9. The maximum absolute atomic E-state index is 15.9. The second-order valence-corrected chi connectivity index (χ2v) is 13.7. The summed E-state index contributed by atoms with van der Waals surface area (Å²) >= 11 is 0. The molecule has 2 N–H and O–H groups in total. The van der Waals surface area contributed by atoms with Gasteiger partial charge in [-0.25, -0.2) is 4.39 Å². The normalized spacial score (nSPS) is 46.3. The van der Waals surface area contributed by atoms with E-state index < -0.39 is 40.7 Å². The molecule has 208 valence electrons. The van der Waals surface area contributed by atoms with Crippen LogP contribution in [-0.4, -0.2) is 52.8 Å². The second-order valence-electron chi connectivity index (χ2n) is 13.7. The first-order valence-corrected chi connectivity index (χ1v) is 14.5. The standard InChI is InChI=1S/C32H38FNO5/c1-29-11-10-22(36)12-23(29)25(33)13-24-28(29)26(37)15-31(3)30(24,2)14-20-16-34(39-32(20,31)27(38)17-35)21-8-6-19(7-9-21)18-4-5-18/h6-12,18,20,24-26,28,35,37H,4-5,13-17H2,1-3H3. The molecule has 39 heavy (non-hydrogen) atoms. The van der Waals surface area contributed by atoms with Gasteiger partial charge < -0.3 is 10.2 Å². The van der Waals surface area contributed by atoms with Gasteiger partial charge in [0, 0.05) is 22.7 Å². The van der Waals surface area contributed by atoms with E-state index in [1.54, 1.807) is 11.1 Å². The molecule has 5 fully saturated rings. The molecule has 6 aliphatic rings. The molecule has 0 amide bonds. The van der Waals surface area contributed by atoms with Crippen LogP contribution >= 0.6 is 0 Å². The summed E-state index contributed by atoms with van der Waals surface area (Å²) in [5, 5.41) is 23.9. The Hall–Kier alpha value is -2.35. The number of halogens is 1. The van der Waals surface area contributed by atoms with Crippen LogP contribution in [0.15, 0.2) is 48.1 Å². The van der Waals surface area contributed by atoms with Crippen LogP contribution in [0.3, 0.4) is 0 Å². The van der Waals surface area contributed by atoms with Gasteiger partial charge in [-0.3, -0.25) is 19.5 Å². The highest BCUT2D eigenvalue weighted by Crippen LogP contribution is 2.76. The topological polar surface area (TPSA) is 87.1 Å². The summed E-state index contributed by atoms with van der Waals surface area (Å²) in [4.78, 5) is 32.7. The number of fused-ring (bicyclic) bond motifs is 7. The Balaban J connectivity index is 1.29. The molecule has 0 radical (unpaired) electrons. The van der Waals surface area contributed by atoms with Crippen molar-refractivity contribution in [1.82, 2.24) is 0 Å². The first-order valence-electron chi connectivity index (χ1n) is 14.5. The van der Waals surface area contributed by atoms with Crippen molar-refractivity contribution in [2.45, 2.75) is 76.7 Å². The third kappa shape index (κ3) is 3.13. The van der Waals surface area contributed by atoms with Crippen LogP contribution in [0.2, 0.25) is 0 Å². The number of alkyl halides is 1. The van der Waals surface area contributed by atoms with Crippen molar-refractivity contribution >= 4 is 17.3 Å². The van der Waals surface area contributed by atoms with E-state index in [-0.39, 0.29) is 35.7 Å². The first kappa shape index (κ1) is 25.6. The van der Waals surface area contributed by atoms with E-state index in [4.69, 9.17) is 4.84 Å². The second kappa shape index (κ2) is 8.11. The van der Waals surface area contributed by atoms with Crippen molar-refractivity contribution in [3.63, 3.8) is 0 Å². The number of benzene rings is 1. The lowest BCUT2D eigenvalue weighted by Gasteiger charge is -2.64. The molecule has 6 nitrogen and oxygen atoms in total. The largest absolute Gasteiger partial charge is 0.393 e. The number of anilines is 1. The van der Waals surface area contributed by atoms with Crippen molar-refractivity contribution in [2.24, 2.45) is 34.0 Å². The number of Topliss-reactive ketones (excluding diaryl/α,β-unsaturated/α-hetero) is 1. The Kier molecular flexibility index (Phi) is 5.32. The molecule has 0 bridgehead atoms. The van der Waals surface area contributed by atoms with Gasteiger partial charge in [-0.15, -0.1) is 0 Å². The zero-order valence-corrected chi connectivity index (χ0v) is 22.9. The lowest BCUT2D eigenvalue weighted by molar-refractivity contribution is -0.216. The number of carbonyl (C=O) groups excluding carboxylic acids is 2. The molecule has 9 atom stereocenters. The smallest absolute Gasteiger partial charge is 0.193 e. The number of aliphatic hydroxyl groups is 2. The fraction of sp³-hybridized carbons (Fsp3) is 0.625. The number of hydrogen-bond acceptors (Lipinski definition) is 6. The highest BCUT2D eigenvalue weighted by Gasteiger charge is 2.79. The summed E-state index contributed by atoms with van der Waals surface area (Å²) in [7, 11) is 0. The Labute approximate surface area is 228 Å². The molecule has 1 aliphatic heterocycles. The molecule has 7 heteroatoms. The molecule has 1 saturated heterocycles. The lowest BCUT2D eigenvalue weighted by atomic mass is 9.41. The van der Waals surface area contributed by atoms with Gasteiger partial charge in [0.25, 0.3) is 0 Å². The van der Waals surface area contributed by atoms with Crippen molar-refractivity contribution in [1.29, 1.82) is 0 Å². The summed E-state index contributed by atoms with van der Waals surface area (Å²) in [5.74, 6) is -0.682. The third-order valence-electron chi connectivity index (χ3n) is 12.0. The highest BCUT2D eigenvalue weighted by atomic mass is 19.1. The van der Waals surface area contributed by atoms with Crippen LogP contribution in [0.4, 0.5) is 10.1 Å². The van der Waals surface area contributed by atoms with E-state index >= 15 is 4.39 Å². The van der Waals surface area contributed by atoms with Crippen LogP contribution in [0.1, 0.15) is 64.4 Å². The van der Waals surface area contributed by atoms with Crippen molar-refractivity contribution in [3.05, 3.63) is 53.6 Å². The van der Waals surface area contributed by atoms with Gasteiger partial charge in [0.05, 0.1) is 18.3 Å². The number of carbonyl (C=O) groups is 2. The van der Waals surface area contributed by atoms with Crippen LogP contribution in [-0.2, 0) is 14.4 Å². The van der Waals surface area contributed by atoms with Gasteiger partial charge in [0.2, 0.25) is 0 Å². The minimum Gasteiger partial charge on any atom is -0.393 e. The van der Waals surface area contributed by atoms with E-state index in [0.29, 0.717) is 30.9 Å². The molecule has 5 aliphatic carbocycles. The van der Waals surface area contributed by atoms with E-state index in [9.17, 15) is 19.8 Å². The zero-order valence-electron chi connectivity index (χ0n) is 22.9. The quantitative estimate of drug-likeness (QED) is 0.592. The average molecular weight is 536 g/mol. The molecular formula is C32H38FNO5. The van der Waals surface area contributed by atoms with Crippen molar-refractivity contribution in [2.75, 3.05) is 18.2 Å². The maximum Gasteiger partial charge on any atom is 0.193 e. The summed E-state index contributed by atoms with van der Waals surface area (Å²) in [6.45, 7) is 5.93. The number of hydroxylamine groups is 1. The van der Waals surface area contributed by atoms with E-state index in [1.165, 1.54) is 30.6 Å². The number of hydrogen-bond donors (Lipinski definition) is 2. The van der Waals surface area contributed by atoms with E-state index in [1.807, 2.05) is 26.0 Å². The Morgan fingerprint density at radius 3 is 2.54 bits per heavy atom. The highest BCUT2D eigenvalue weighted by molar-refractivity contribution is 6.01. The van der Waals surface area contributed by atoms with Crippen LogP contribution in [0.5, 0.6) is 0 Å². The molecular weight excluding hydrogens is 497 g/mol. The number of ketones is 2. The van der Waals surface area contributed by atoms with Gasteiger partial charge in [0.15, 0.2) is 17.2 Å². The van der Waals surface area contributed by atoms with Gasteiger partial charge in [0.1, 0.15) is 12.8 Å². The Bertz CT molecular complexity index is 1300. The van der Waals surface area contributed by atoms with Crippen LogP contribution < -0.4 is 5.06 Å². The minimum absolute atomic E-state index is 0.193. The maximum atomic E-state index is 15.9. The monoisotopic (exact) mass is 535 g/mol. The molecule has 0 spiro atoms. The van der Waals surface area contributed by atoms with Crippen molar-refractivity contribution < 1.29 is 29.0 Å². The van der Waals surface area contributed by atoms with E-state index in [2.05, 4.69) is 19.1 Å². The minimum atomic E-state index is -1.32. The van der Waals surface area contributed by atoms with E-state index in [0.717, 1.165) is 5.69 Å². The molecule has 4 saturated carbocycles. The summed E-state index contributed by atoms with van der Waals surface area (Å²) in [6, 6.07) is 8.34. The fourth-order valence-corrected chi connectivity index (χ4v) is 9.90. The lowest BCUT2D eigenvalue weighted by Crippen LogP contribution is -2.67. The number of rotatable bonds is 4. The van der Waals surface area contributed by atoms with Gasteiger partial charge in [-0.05, 0) is 84.8 Å². The number of nitrogens with zero attached hydrogens (tertiary/aromatic N) is 1.